The smallest absolute Gasteiger partial charge is 0.271 e. The van der Waals surface area contributed by atoms with Gasteiger partial charge in [-0.25, -0.2) is 4.84 Å². The van der Waals surface area contributed by atoms with Gasteiger partial charge in [0.25, 0.3) is 0 Å². The predicted molar refractivity (Wildman–Crippen MR) is 29.1 cm³/mol. The summed E-state index contributed by atoms with van der Waals surface area (Å²) >= 11 is 0. The van der Waals surface area contributed by atoms with Gasteiger partial charge in [0.1, 0.15) is 0 Å². The van der Waals surface area contributed by atoms with Crippen LogP contribution in [0.15, 0.2) is 0 Å². The van der Waals surface area contributed by atoms with Crippen molar-refractivity contribution in [3.63, 3.8) is 0 Å². The maximum absolute atomic E-state index is 12.5. The quantitative estimate of drug-likeness (QED) is 0.448. The van der Waals surface area contributed by atoms with Crippen LogP contribution in [0.3, 0.4) is 0 Å². The predicted octanol–water partition coefficient (Wildman–Crippen LogP) is 2.06. The van der Waals surface area contributed by atoms with Gasteiger partial charge in [0.2, 0.25) is 0 Å². The lowest BCUT2D eigenvalue weighted by molar-refractivity contribution is -0.444. The lowest BCUT2D eigenvalue weighted by Gasteiger charge is -2.20. The van der Waals surface area contributed by atoms with Gasteiger partial charge >= 0.3 is 12.5 Å². The third-order valence-corrected chi connectivity index (χ3v) is 1.15. The second kappa shape index (κ2) is 2.52. The van der Waals surface area contributed by atoms with Crippen molar-refractivity contribution in [2.75, 3.05) is 0 Å². The monoisotopic (exact) mass is 207 g/mol. The number of halogens is 5. The summed E-state index contributed by atoms with van der Waals surface area (Å²) in [7, 11) is 0. The van der Waals surface area contributed by atoms with E-state index in [1.54, 1.807) is 0 Å². The summed E-state index contributed by atoms with van der Waals surface area (Å²) in [6, 6.07) is 0. The topological polar surface area (TPSA) is 21.7 Å². The molecule has 0 radical (unpaired) electrons. The normalized spacial score (nSPS) is 27.9. The molecule has 1 heterocycles. The van der Waals surface area contributed by atoms with E-state index in [1.165, 1.54) is 0 Å². The number of hydrogen-bond donors (Lipinski definition) is 0. The first-order valence-corrected chi connectivity index (χ1v) is 3.19. The highest BCUT2D eigenvalue weighted by molar-refractivity contribution is 4.68. The molecule has 1 saturated heterocycles. The lowest BCUT2D eigenvalue weighted by Crippen LogP contribution is -2.45. The fourth-order valence-electron chi connectivity index (χ4n) is 0.828. The van der Waals surface area contributed by atoms with Gasteiger partial charge in [-0.15, -0.1) is 0 Å². The molecule has 0 aromatic carbocycles. The summed E-state index contributed by atoms with van der Waals surface area (Å²) < 4.78 is 64.2. The SMILES string of the molecule is CC1(C)ON(C(F)(F)F)C(F)(F)O1. The highest BCUT2D eigenvalue weighted by atomic mass is 19.4. The largest absolute Gasteiger partial charge is 0.490 e. The first-order valence-electron chi connectivity index (χ1n) is 3.19. The summed E-state index contributed by atoms with van der Waals surface area (Å²) in [4.78, 5) is 3.86. The number of alkyl halides is 5. The first kappa shape index (κ1) is 10.6. The van der Waals surface area contributed by atoms with Gasteiger partial charge in [-0.2, -0.15) is 22.0 Å². The van der Waals surface area contributed by atoms with Crippen LogP contribution in [0.4, 0.5) is 22.0 Å². The minimum Gasteiger partial charge on any atom is -0.271 e. The second-order valence-corrected chi connectivity index (χ2v) is 2.84. The van der Waals surface area contributed by atoms with E-state index >= 15 is 0 Å². The molecule has 78 valence electrons. The number of ether oxygens (including phenoxy) is 1. The summed E-state index contributed by atoms with van der Waals surface area (Å²) in [5.74, 6) is -1.99. The Morgan fingerprint density at radius 2 is 1.62 bits per heavy atom. The van der Waals surface area contributed by atoms with Crippen molar-refractivity contribution in [3.05, 3.63) is 0 Å². The summed E-state index contributed by atoms with van der Waals surface area (Å²) in [5, 5.41) is -1.42. The molecule has 0 spiro atoms. The molecule has 13 heavy (non-hydrogen) atoms. The van der Waals surface area contributed by atoms with E-state index in [2.05, 4.69) is 9.57 Å². The van der Waals surface area contributed by atoms with Crippen molar-refractivity contribution in [2.45, 2.75) is 32.2 Å². The number of rotatable bonds is 0. The zero-order valence-corrected chi connectivity index (χ0v) is 6.65. The molecule has 0 saturated carbocycles. The molecule has 1 rings (SSSR count). The Kier molecular flexibility index (Phi) is 2.06. The molecule has 8 heteroatoms. The van der Waals surface area contributed by atoms with Crippen LogP contribution >= 0.6 is 0 Å². The zero-order chi connectivity index (χ0) is 10.5. The fraction of sp³-hybridized carbons (Fsp3) is 1.00. The van der Waals surface area contributed by atoms with Crippen LogP contribution in [0, 0.1) is 0 Å². The second-order valence-electron chi connectivity index (χ2n) is 2.84. The molecular formula is C5H6F5NO2. The van der Waals surface area contributed by atoms with E-state index in [1.807, 2.05) is 0 Å². The Hall–Kier alpha value is -0.470. The molecule has 1 fully saturated rings. The Morgan fingerprint density at radius 3 is 1.77 bits per heavy atom. The van der Waals surface area contributed by atoms with E-state index in [-0.39, 0.29) is 0 Å². The Bertz CT molecular complexity index is 213. The number of nitrogens with zero attached hydrogens (tertiary/aromatic N) is 1. The van der Waals surface area contributed by atoms with Gasteiger partial charge in [0.15, 0.2) is 5.79 Å². The van der Waals surface area contributed by atoms with Crippen molar-refractivity contribution in [1.82, 2.24) is 5.06 Å². The molecule has 0 N–H and O–H groups in total. The highest BCUT2D eigenvalue weighted by Gasteiger charge is 2.65. The third-order valence-electron chi connectivity index (χ3n) is 1.15. The van der Waals surface area contributed by atoms with Gasteiger partial charge in [-0.05, 0) is 13.8 Å². The van der Waals surface area contributed by atoms with Crippen LogP contribution in [0.5, 0.6) is 0 Å². The van der Waals surface area contributed by atoms with Gasteiger partial charge in [0, 0.05) is 5.06 Å². The van der Waals surface area contributed by atoms with Gasteiger partial charge in [-0.1, -0.05) is 0 Å². The maximum atomic E-state index is 12.5. The van der Waals surface area contributed by atoms with Crippen molar-refractivity contribution < 1.29 is 31.5 Å². The molecule has 0 aliphatic carbocycles. The molecule has 1 aliphatic heterocycles. The molecule has 0 atom stereocenters. The average molecular weight is 207 g/mol. The summed E-state index contributed by atoms with van der Waals surface area (Å²) in [6.45, 7) is 1.90. The molecular weight excluding hydrogens is 201 g/mol. The molecule has 0 aromatic heterocycles. The zero-order valence-electron chi connectivity index (χ0n) is 6.65. The van der Waals surface area contributed by atoms with Crippen molar-refractivity contribution in [2.24, 2.45) is 0 Å². The van der Waals surface area contributed by atoms with Gasteiger partial charge < -0.3 is 0 Å². The number of hydroxylamine groups is 2. The van der Waals surface area contributed by atoms with E-state index < -0.39 is 23.4 Å². The Morgan fingerprint density at radius 1 is 1.15 bits per heavy atom. The van der Waals surface area contributed by atoms with Crippen LogP contribution in [0.25, 0.3) is 0 Å². The molecule has 0 aromatic rings. The molecule has 0 bridgehead atoms. The third kappa shape index (κ3) is 2.06. The maximum Gasteiger partial charge on any atom is 0.490 e. The van der Waals surface area contributed by atoms with E-state index in [0.29, 0.717) is 0 Å². The van der Waals surface area contributed by atoms with Crippen LogP contribution in [-0.4, -0.2) is 23.4 Å². The van der Waals surface area contributed by atoms with Crippen LogP contribution in [-0.2, 0) is 9.57 Å². The lowest BCUT2D eigenvalue weighted by atomic mass is 10.4. The average Bonchev–Trinajstić information content (AvgIpc) is 1.97. The fourth-order valence-corrected chi connectivity index (χ4v) is 0.828. The first-order chi connectivity index (χ1) is 5.55. The molecule has 0 amide bonds. The van der Waals surface area contributed by atoms with Crippen LogP contribution in [0.1, 0.15) is 13.8 Å². The van der Waals surface area contributed by atoms with E-state index in [0.717, 1.165) is 13.8 Å². The Balaban J connectivity index is 2.89. The summed E-state index contributed by atoms with van der Waals surface area (Å²) in [6.07, 6.45) is -9.78. The van der Waals surface area contributed by atoms with Crippen molar-refractivity contribution in [3.8, 4) is 0 Å². The summed E-state index contributed by atoms with van der Waals surface area (Å²) in [5.41, 5.74) is 0. The highest BCUT2D eigenvalue weighted by Crippen LogP contribution is 2.43. The minimum absolute atomic E-state index is 0.951. The van der Waals surface area contributed by atoms with Crippen LogP contribution < -0.4 is 0 Å². The van der Waals surface area contributed by atoms with Crippen LogP contribution in [0.2, 0.25) is 0 Å². The van der Waals surface area contributed by atoms with Gasteiger partial charge in [0.05, 0.1) is 0 Å². The standard InChI is InChI=1S/C5H6F5NO2/c1-3(2)12-5(9,10)11(13-3)4(6,7)8/h1-2H3. The van der Waals surface area contributed by atoms with Gasteiger partial charge in [-0.3, -0.25) is 4.74 Å². The van der Waals surface area contributed by atoms with E-state index in [9.17, 15) is 22.0 Å². The van der Waals surface area contributed by atoms with Crippen molar-refractivity contribution in [1.29, 1.82) is 0 Å². The Labute approximate surface area is 70.0 Å². The molecule has 3 nitrogen and oxygen atoms in total. The molecule has 1 aliphatic rings. The molecule has 0 unspecified atom stereocenters. The van der Waals surface area contributed by atoms with E-state index in [4.69, 9.17) is 0 Å². The minimum atomic E-state index is -5.29. The van der Waals surface area contributed by atoms with Crippen molar-refractivity contribution >= 4 is 0 Å². The number of hydrogen-bond acceptors (Lipinski definition) is 3.